The second-order valence-corrected chi connectivity index (χ2v) is 22.3. The van der Waals surface area contributed by atoms with E-state index in [0.29, 0.717) is 68.9 Å². The molecule has 326 valence electrons. The molecule has 0 radical (unpaired) electrons. The number of carbonyl (C=O) groups is 2. The molecule has 0 unspecified atom stereocenters. The van der Waals surface area contributed by atoms with E-state index in [9.17, 15) is 24.6 Å². The summed E-state index contributed by atoms with van der Waals surface area (Å²) in [6, 6.07) is 26.8. The highest BCUT2D eigenvalue weighted by molar-refractivity contribution is 6.74. The number of rotatable bonds is 14. The minimum atomic E-state index is -2.27. The molecule has 0 saturated carbocycles. The van der Waals surface area contributed by atoms with E-state index >= 15 is 0 Å². The van der Waals surface area contributed by atoms with Crippen LogP contribution in [0.3, 0.4) is 0 Å². The number of likely N-dealkylation sites (tertiary alicyclic amines) is 1. The first-order valence-corrected chi connectivity index (χ1v) is 24.0. The number of ether oxygens (including phenoxy) is 2. The third-order valence-corrected chi connectivity index (χ3v) is 16.8. The Hall–Kier alpha value is -5.93. The Morgan fingerprint density at radius 2 is 1.69 bits per heavy atom. The number of nitrogens with one attached hydrogen (secondary N) is 3. The number of phenols is 2. The zero-order valence-electron chi connectivity index (χ0n) is 36.3. The SMILES string of the molecule is COc1cc2c(ccn2C(=O)CCN2CCC(OC(=O)Nc3ccccc3-c3ccc(O)cc3)CC2)cc1CNC[C@H](O[Si](C)(C)C(C)(C)C)c1ccc(O)c2[nH]c(=O)ccc12. The van der Waals surface area contributed by atoms with E-state index in [2.05, 4.69) is 54.4 Å². The minimum absolute atomic E-state index is 0.00423. The fraction of sp³-hybridized carbons (Fsp3) is 0.354. The van der Waals surface area contributed by atoms with Crippen molar-refractivity contribution >= 4 is 47.8 Å². The zero-order chi connectivity index (χ0) is 44.2. The normalized spacial score (nSPS) is 14.5. The molecular formula is C48H57N5O8Si. The van der Waals surface area contributed by atoms with E-state index in [1.165, 1.54) is 6.07 Å². The maximum Gasteiger partial charge on any atom is 0.411 e. The van der Waals surface area contributed by atoms with Gasteiger partial charge < -0.3 is 39.3 Å². The number of aromatic hydroxyl groups is 2. The van der Waals surface area contributed by atoms with Crippen molar-refractivity contribution in [2.24, 2.45) is 0 Å². The van der Waals surface area contributed by atoms with Gasteiger partial charge in [0.05, 0.1) is 29.9 Å². The molecule has 7 rings (SSSR count). The number of aromatic nitrogens is 2. The van der Waals surface area contributed by atoms with Crippen LogP contribution in [0.15, 0.2) is 102 Å². The molecule has 1 atom stereocenters. The monoisotopic (exact) mass is 859 g/mol. The van der Waals surface area contributed by atoms with Gasteiger partial charge in [-0.15, -0.1) is 0 Å². The molecule has 62 heavy (non-hydrogen) atoms. The summed E-state index contributed by atoms with van der Waals surface area (Å²) in [5.41, 5.74) is 4.97. The summed E-state index contributed by atoms with van der Waals surface area (Å²) in [5, 5.41) is 28.3. The average Bonchev–Trinajstić information content (AvgIpc) is 3.66. The number of fused-ring (bicyclic) bond motifs is 2. The largest absolute Gasteiger partial charge is 0.508 e. The van der Waals surface area contributed by atoms with Crippen LogP contribution in [0.2, 0.25) is 18.1 Å². The topological polar surface area (TPSA) is 167 Å². The van der Waals surface area contributed by atoms with Crippen LogP contribution in [0.25, 0.3) is 32.9 Å². The van der Waals surface area contributed by atoms with Crippen LogP contribution >= 0.6 is 0 Å². The molecule has 3 heterocycles. The number of benzene rings is 4. The number of hydrogen-bond acceptors (Lipinski definition) is 10. The number of para-hydroxylation sites is 1. The van der Waals surface area contributed by atoms with Gasteiger partial charge in [0.15, 0.2) is 8.32 Å². The van der Waals surface area contributed by atoms with Crippen molar-refractivity contribution in [1.29, 1.82) is 0 Å². The Morgan fingerprint density at radius 1 is 0.952 bits per heavy atom. The molecule has 4 aromatic carbocycles. The number of methoxy groups -OCH3 is 1. The number of carbonyl (C=O) groups excluding carboxylic acids is 2. The van der Waals surface area contributed by atoms with E-state index in [1.807, 2.05) is 54.7 Å². The fourth-order valence-corrected chi connectivity index (χ4v) is 9.06. The van der Waals surface area contributed by atoms with E-state index in [1.54, 1.807) is 48.1 Å². The van der Waals surface area contributed by atoms with Crippen molar-refractivity contribution < 1.29 is 33.7 Å². The maximum atomic E-state index is 13.6. The number of anilines is 1. The lowest BCUT2D eigenvalue weighted by molar-refractivity contribution is 0.0573. The van der Waals surface area contributed by atoms with Gasteiger partial charge in [0.1, 0.15) is 23.4 Å². The molecule has 14 heteroatoms. The number of pyridine rings is 1. The van der Waals surface area contributed by atoms with Crippen molar-refractivity contribution in [3.8, 4) is 28.4 Å². The molecule has 5 N–H and O–H groups in total. The predicted octanol–water partition coefficient (Wildman–Crippen LogP) is 9.17. The van der Waals surface area contributed by atoms with Gasteiger partial charge in [0, 0.05) is 79.4 Å². The average molecular weight is 860 g/mol. The molecule has 13 nitrogen and oxygen atoms in total. The summed E-state index contributed by atoms with van der Waals surface area (Å²) >= 11 is 0. The van der Waals surface area contributed by atoms with Gasteiger partial charge >= 0.3 is 6.09 Å². The van der Waals surface area contributed by atoms with Gasteiger partial charge in [-0.1, -0.05) is 57.2 Å². The summed E-state index contributed by atoms with van der Waals surface area (Å²) < 4.78 is 20.3. The fourth-order valence-electron chi connectivity index (χ4n) is 7.78. The van der Waals surface area contributed by atoms with Crippen molar-refractivity contribution in [3.63, 3.8) is 0 Å². The Bertz CT molecular complexity index is 2610. The number of aromatic amines is 1. The van der Waals surface area contributed by atoms with Crippen molar-refractivity contribution in [1.82, 2.24) is 19.8 Å². The van der Waals surface area contributed by atoms with Gasteiger partial charge in [-0.05, 0) is 84.6 Å². The third kappa shape index (κ3) is 10.1. The standard InChI is InChI=1S/C48H57N5O8Si/c1-48(2,3)62(5,6)61-43(37-15-17-41(55)46-38(37)16-18-44(56)51-46)30-49-29-33-27-32-19-26-53(40(32)28-42(33)59-4)45(57)22-25-52-23-20-35(21-24-52)60-47(58)50-39-10-8-7-9-36(39)31-11-13-34(54)14-12-31/h7-19,26-28,35,43,49,54-55H,20-25,29-30H2,1-6H3,(H,50,58)(H,51,56)/t43-/m0/s1. The van der Waals surface area contributed by atoms with Crippen LogP contribution in [0.4, 0.5) is 10.5 Å². The number of piperidine rings is 1. The molecule has 0 bridgehead atoms. The molecule has 1 saturated heterocycles. The highest BCUT2D eigenvalue weighted by Crippen LogP contribution is 2.41. The molecule has 0 aliphatic carbocycles. The Morgan fingerprint density at radius 3 is 2.42 bits per heavy atom. The van der Waals surface area contributed by atoms with Crippen molar-refractivity contribution in [2.75, 3.05) is 38.6 Å². The summed E-state index contributed by atoms with van der Waals surface area (Å²) in [4.78, 5) is 43.7. The molecular weight excluding hydrogens is 803 g/mol. The van der Waals surface area contributed by atoms with Gasteiger partial charge in [0.25, 0.3) is 0 Å². The number of hydrogen-bond donors (Lipinski definition) is 5. The van der Waals surface area contributed by atoms with Crippen LogP contribution in [0.5, 0.6) is 17.2 Å². The van der Waals surface area contributed by atoms with Gasteiger partial charge in [-0.3, -0.25) is 19.5 Å². The van der Waals surface area contributed by atoms with Gasteiger partial charge in [-0.2, -0.15) is 0 Å². The van der Waals surface area contributed by atoms with Crippen LogP contribution in [0.1, 0.15) is 62.1 Å². The van der Waals surface area contributed by atoms with E-state index in [0.717, 1.165) is 38.5 Å². The summed E-state index contributed by atoms with van der Waals surface area (Å²) in [7, 11) is -0.643. The summed E-state index contributed by atoms with van der Waals surface area (Å²) in [5.74, 6) is 0.809. The van der Waals surface area contributed by atoms with Crippen LogP contribution in [-0.2, 0) is 15.7 Å². The number of nitrogens with zero attached hydrogens (tertiary/aromatic N) is 2. The Balaban J connectivity index is 0.946. The van der Waals surface area contributed by atoms with Crippen LogP contribution < -0.4 is 20.9 Å². The van der Waals surface area contributed by atoms with E-state index in [4.69, 9.17) is 13.9 Å². The summed E-state index contributed by atoms with van der Waals surface area (Å²) in [6.07, 6.45) is 2.34. The maximum absolute atomic E-state index is 13.6. The van der Waals surface area contributed by atoms with E-state index < -0.39 is 14.4 Å². The molecule has 2 aromatic heterocycles. The predicted molar refractivity (Wildman–Crippen MR) is 246 cm³/mol. The summed E-state index contributed by atoms with van der Waals surface area (Å²) in [6.45, 7) is 13.9. The lowest BCUT2D eigenvalue weighted by Crippen LogP contribution is -2.43. The lowest BCUT2D eigenvalue weighted by atomic mass is 10.0. The second-order valence-electron chi connectivity index (χ2n) is 17.5. The Kier molecular flexibility index (Phi) is 13.2. The number of amides is 1. The van der Waals surface area contributed by atoms with E-state index in [-0.39, 0.29) is 40.2 Å². The molecule has 0 spiro atoms. The van der Waals surface area contributed by atoms with Crippen LogP contribution in [0, 0.1) is 0 Å². The lowest BCUT2D eigenvalue weighted by Gasteiger charge is -2.39. The van der Waals surface area contributed by atoms with Crippen molar-refractivity contribution in [2.45, 2.75) is 76.9 Å². The second kappa shape index (κ2) is 18.6. The highest BCUT2D eigenvalue weighted by Gasteiger charge is 2.40. The Labute approximate surface area is 362 Å². The highest BCUT2D eigenvalue weighted by atomic mass is 28.4. The molecule has 1 amide bonds. The molecule has 6 aromatic rings. The molecule has 1 fully saturated rings. The molecule has 1 aliphatic rings. The third-order valence-electron chi connectivity index (χ3n) is 12.3. The quantitative estimate of drug-likeness (QED) is 0.0667. The number of phenolic OH excluding ortho intramolecular Hbond substituents is 2. The smallest absolute Gasteiger partial charge is 0.411 e. The first-order valence-electron chi connectivity index (χ1n) is 21.1. The van der Waals surface area contributed by atoms with Gasteiger partial charge in [0.2, 0.25) is 11.5 Å². The first kappa shape index (κ1) is 44.1. The van der Waals surface area contributed by atoms with Crippen molar-refractivity contribution in [3.05, 3.63) is 119 Å². The number of H-pyrrole nitrogens is 1. The molecule has 1 aliphatic heterocycles. The first-order chi connectivity index (χ1) is 29.6. The van der Waals surface area contributed by atoms with Crippen LogP contribution in [-0.4, -0.2) is 84.4 Å². The van der Waals surface area contributed by atoms with Gasteiger partial charge in [-0.25, -0.2) is 4.79 Å². The minimum Gasteiger partial charge on any atom is -0.508 e. The zero-order valence-corrected chi connectivity index (χ0v) is 37.3.